The Hall–Kier alpha value is -4.67. The predicted molar refractivity (Wildman–Crippen MR) is 169 cm³/mol. The Balaban J connectivity index is 1.33. The Kier molecular flexibility index (Phi) is 8.63. The number of anilines is 2. The number of rotatable bonds is 7. The molecule has 0 N–H and O–H groups in total. The van der Waals surface area contributed by atoms with Gasteiger partial charge in [-0.15, -0.1) is 0 Å². The number of hydrogen-bond donors (Lipinski definition) is 0. The van der Waals surface area contributed by atoms with Crippen LogP contribution in [0.1, 0.15) is 36.1 Å². The van der Waals surface area contributed by atoms with E-state index in [1.807, 2.05) is 6.07 Å². The van der Waals surface area contributed by atoms with E-state index < -0.39 is 0 Å². The van der Waals surface area contributed by atoms with Gasteiger partial charge in [0.05, 0.1) is 36.8 Å². The lowest BCUT2D eigenvalue weighted by atomic mass is 9.99. The fourth-order valence-electron chi connectivity index (χ4n) is 6.87. The summed E-state index contributed by atoms with van der Waals surface area (Å²) in [6, 6.07) is 17.4. The molecule has 1 amide bonds. The monoisotopic (exact) mass is 590 g/mol. The topological polar surface area (TPSA) is 113 Å². The Morgan fingerprint density at radius 3 is 2.68 bits per heavy atom. The quantitative estimate of drug-likeness (QED) is 0.298. The fourth-order valence-corrected chi connectivity index (χ4v) is 6.87. The minimum absolute atomic E-state index is 0.196. The Morgan fingerprint density at radius 2 is 1.91 bits per heavy atom. The summed E-state index contributed by atoms with van der Waals surface area (Å²) in [5, 5.41) is 21.0. The van der Waals surface area contributed by atoms with Crippen LogP contribution < -0.4 is 14.5 Å². The number of piperazine rings is 1. The molecule has 3 aromatic rings. The number of fused-ring (bicyclic) bond motifs is 2. The molecular formula is C34H38N8O2. The third-order valence-electron chi connectivity index (χ3n) is 9.22. The van der Waals surface area contributed by atoms with E-state index in [-0.39, 0.29) is 18.4 Å². The van der Waals surface area contributed by atoms with Gasteiger partial charge in [-0.2, -0.15) is 20.5 Å². The molecule has 3 aliphatic heterocycles. The van der Waals surface area contributed by atoms with Crippen LogP contribution in [0.25, 0.3) is 10.8 Å². The van der Waals surface area contributed by atoms with Crippen LogP contribution in [0.3, 0.4) is 0 Å². The Morgan fingerprint density at radius 1 is 1.07 bits per heavy atom. The molecule has 44 heavy (non-hydrogen) atoms. The van der Waals surface area contributed by atoms with Crippen molar-refractivity contribution >= 4 is 28.2 Å². The zero-order valence-corrected chi connectivity index (χ0v) is 25.4. The fraction of sp³-hybridized carbons (Fsp3) is 0.441. The third-order valence-corrected chi connectivity index (χ3v) is 9.22. The van der Waals surface area contributed by atoms with Crippen molar-refractivity contribution in [2.45, 2.75) is 51.2 Å². The summed E-state index contributed by atoms with van der Waals surface area (Å²) in [6.45, 7) is 6.69. The maximum Gasteiger partial charge on any atom is 0.318 e. The molecule has 0 spiro atoms. The third kappa shape index (κ3) is 5.91. The van der Waals surface area contributed by atoms with E-state index in [9.17, 15) is 10.1 Å². The zero-order valence-electron chi connectivity index (χ0n) is 25.4. The molecule has 0 radical (unpaired) electrons. The predicted octanol–water partition coefficient (Wildman–Crippen LogP) is 3.98. The van der Waals surface area contributed by atoms with Crippen LogP contribution in [0, 0.1) is 29.6 Å². The van der Waals surface area contributed by atoms with Crippen molar-refractivity contribution in [1.82, 2.24) is 19.8 Å². The van der Waals surface area contributed by atoms with Crippen LogP contribution in [0.2, 0.25) is 0 Å². The second-order valence-corrected chi connectivity index (χ2v) is 11.9. The van der Waals surface area contributed by atoms with E-state index in [0.717, 1.165) is 49.4 Å². The van der Waals surface area contributed by atoms with E-state index in [1.54, 1.807) is 4.90 Å². The number of aryl methyl sites for hydroxylation is 1. The van der Waals surface area contributed by atoms with E-state index in [1.165, 1.54) is 34.2 Å². The van der Waals surface area contributed by atoms with Gasteiger partial charge in [0.2, 0.25) is 5.91 Å². The first-order chi connectivity index (χ1) is 21.5. The molecule has 10 nitrogen and oxygen atoms in total. The highest BCUT2D eigenvalue weighted by atomic mass is 16.5. The summed E-state index contributed by atoms with van der Waals surface area (Å²) in [6.07, 6.45) is 5.68. The van der Waals surface area contributed by atoms with Crippen molar-refractivity contribution < 1.29 is 9.53 Å². The van der Waals surface area contributed by atoms with Gasteiger partial charge in [-0.3, -0.25) is 4.79 Å². The molecule has 3 aliphatic rings. The molecule has 2 saturated heterocycles. The smallest absolute Gasteiger partial charge is 0.318 e. The van der Waals surface area contributed by atoms with E-state index in [2.05, 4.69) is 71.1 Å². The van der Waals surface area contributed by atoms with Crippen molar-refractivity contribution in [1.29, 1.82) is 10.5 Å². The number of carbonyl (C=O) groups excluding carboxylic acids is 1. The van der Waals surface area contributed by atoms with Crippen LogP contribution >= 0.6 is 0 Å². The van der Waals surface area contributed by atoms with Gasteiger partial charge >= 0.3 is 6.01 Å². The Labute approximate surface area is 258 Å². The number of hydrogen-bond acceptors (Lipinski definition) is 9. The summed E-state index contributed by atoms with van der Waals surface area (Å²) in [5.74, 6) is 0.586. The molecule has 1 aromatic heterocycles. The lowest BCUT2D eigenvalue weighted by Gasteiger charge is -2.42. The number of nitrogens with zero attached hydrogens (tertiary/aromatic N) is 8. The molecule has 226 valence electrons. The number of carbonyl (C=O) groups is 1. The van der Waals surface area contributed by atoms with Crippen LogP contribution in [0.15, 0.2) is 48.6 Å². The molecule has 6 rings (SSSR count). The number of aromatic nitrogens is 2. The summed E-state index contributed by atoms with van der Waals surface area (Å²) in [7, 11) is 2.13. The van der Waals surface area contributed by atoms with E-state index in [4.69, 9.17) is 20.0 Å². The first-order valence-electron chi connectivity index (χ1n) is 15.4. The van der Waals surface area contributed by atoms with Crippen LogP contribution in [-0.4, -0.2) is 84.1 Å². The van der Waals surface area contributed by atoms with Gasteiger partial charge in [0.1, 0.15) is 12.4 Å². The first kappa shape index (κ1) is 29.4. The molecule has 2 atom stereocenters. The van der Waals surface area contributed by atoms with Gasteiger partial charge in [0.15, 0.2) is 0 Å². The van der Waals surface area contributed by atoms with Gasteiger partial charge in [-0.25, -0.2) is 0 Å². The normalized spacial score (nSPS) is 20.5. The zero-order chi connectivity index (χ0) is 30.6. The van der Waals surface area contributed by atoms with Gasteiger partial charge < -0.3 is 24.3 Å². The van der Waals surface area contributed by atoms with Crippen molar-refractivity contribution in [2.75, 3.05) is 56.2 Å². The van der Waals surface area contributed by atoms with Gasteiger partial charge in [0.25, 0.3) is 0 Å². The number of likely N-dealkylation sites (tertiary alicyclic amines) is 1. The molecule has 0 aliphatic carbocycles. The van der Waals surface area contributed by atoms with Crippen molar-refractivity contribution in [3.63, 3.8) is 0 Å². The SMILES string of the molecule is Cc1cccc2cccc(N3CCc4c(nc(OC[C@@H]5CCCN5C)nc4N4CCN(C(=O)/C=C/C#N)[C@@H](CC#N)C4)C3)c12. The van der Waals surface area contributed by atoms with E-state index in [0.29, 0.717) is 44.8 Å². The molecule has 2 aromatic carbocycles. The van der Waals surface area contributed by atoms with Crippen LogP contribution in [-0.2, 0) is 17.8 Å². The second kappa shape index (κ2) is 12.9. The maximum atomic E-state index is 12.8. The average Bonchev–Trinajstić information content (AvgIpc) is 3.46. The highest BCUT2D eigenvalue weighted by Gasteiger charge is 2.34. The minimum Gasteiger partial charge on any atom is -0.462 e. The highest BCUT2D eigenvalue weighted by molar-refractivity contribution is 5.97. The Bertz CT molecular complexity index is 1650. The summed E-state index contributed by atoms with van der Waals surface area (Å²) in [5.41, 5.74) is 4.50. The lowest BCUT2D eigenvalue weighted by molar-refractivity contribution is -0.128. The number of nitriles is 2. The van der Waals surface area contributed by atoms with Gasteiger partial charge in [-0.1, -0.05) is 30.3 Å². The molecule has 0 saturated carbocycles. The summed E-state index contributed by atoms with van der Waals surface area (Å²) < 4.78 is 6.30. The van der Waals surface area contributed by atoms with Crippen molar-refractivity contribution in [3.8, 4) is 18.1 Å². The van der Waals surface area contributed by atoms with Crippen molar-refractivity contribution in [3.05, 3.63) is 65.4 Å². The van der Waals surface area contributed by atoms with Crippen LogP contribution in [0.4, 0.5) is 11.5 Å². The maximum absolute atomic E-state index is 12.8. The minimum atomic E-state index is -0.314. The van der Waals surface area contributed by atoms with Crippen molar-refractivity contribution in [2.24, 2.45) is 0 Å². The summed E-state index contributed by atoms with van der Waals surface area (Å²) >= 11 is 0. The second-order valence-electron chi connectivity index (χ2n) is 11.9. The van der Waals surface area contributed by atoms with Gasteiger partial charge in [-0.05, 0) is 56.8 Å². The number of amides is 1. The van der Waals surface area contributed by atoms with Gasteiger partial charge in [0, 0.05) is 61.0 Å². The molecule has 2 fully saturated rings. The van der Waals surface area contributed by atoms with E-state index >= 15 is 0 Å². The summed E-state index contributed by atoms with van der Waals surface area (Å²) in [4.78, 5) is 31.4. The standard InChI is InChI=1S/C34H38N8O2/c1-24-7-3-8-25-9-4-11-30(32(24)25)40-18-14-28-29(22-40)37-34(44-23-27-10-6-17-39(27)2)38-33(28)41-19-20-42(26(21-41)13-16-36)31(43)12-5-15-35/h3-5,7-9,11-12,26-27H,6,10,13-14,17-23H2,1-2H3/b12-5+/t26-,27-/m0/s1. The average molecular weight is 591 g/mol. The molecule has 10 heteroatoms. The molecular weight excluding hydrogens is 552 g/mol. The molecule has 0 unspecified atom stereocenters. The van der Waals surface area contributed by atoms with Crippen LogP contribution in [0.5, 0.6) is 6.01 Å². The largest absolute Gasteiger partial charge is 0.462 e. The number of ether oxygens (including phenoxy) is 1. The molecule has 4 heterocycles. The lowest BCUT2D eigenvalue weighted by Crippen LogP contribution is -2.55. The number of benzene rings is 2. The number of likely N-dealkylation sites (N-methyl/N-ethyl adjacent to an activating group) is 1. The number of allylic oxidation sites excluding steroid dienone is 1. The molecule has 0 bridgehead atoms. The highest BCUT2D eigenvalue weighted by Crippen LogP contribution is 2.36. The first-order valence-corrected chi connectivity index (χ1v) is 15.4.